The van der Waals surface area contributed by atoms with Crippen LogP contribution in [0.2, 0.25) is 0 Å². The second-order valence-electron chi connectivity index (χ2n) is 7.28. The molecule has 0 atom stereocenters. The number of rotatable bonds is 5. The number of hydrogen-bond acceptors (Lipinski definition) is 4. The summed E-state index contributed by atoms with van der Waals surface area (Å²) >= 11 is 1.55. The Morgan fingerprint density at radius 1 is 1.14 bits per heavy atom. The minimum absolute atomic E-state index is 0.0118. The Bertz CT molecular complexity index is 1190. The molecule has 0 unspecified atom stereocenters. The number of fused-ring (bicyclic) bond motifs is 1. The first kappa shape index (κ1) is 18.2. The average Bonchev–Trinajstić information content (AvgIpc) is 3.37. The molecule has 0 amide bonds. The summed E-state index contributed by atoms with van der Waals surface area (Å²) in [5.74, 6) is 0.953. The van der Waals surface area contributed by atoms with E-state index in [0.29, 0.717) is 16.7 Å². The lowest BCUT2D eigenvalue weighted by atomic mass is 10.1. The Labute approximate surface area is 170 Å². The summed E-state index contributed by atoms with van der Waals surface area (Å²) in [7, 11) is 1.61. The minimum Gasteiger partial charge on any atom is -0.497 e. The zero-order chi connectivity index (χ0) is 20.1. The summed E-state index contributed by atoms with van der Waals surface area (Å²) in [5.41, 5.74) is 2.55. The number of methoxy groups -OCH3 is 1. The summed E-state index contributed by atoms with van der Waals surface area (Å²) < 4.78 is 35.1. The van der Waals surface area contributed by atoms with E-state index in [2.05, 4.69) is 0 Å². The van der Waals surface area contributed by atoms with Crippen molar-refractivity contribution in [3.8, 4) is 22.0 Å². The minimum atomic E-state index is -2.59. The van der Waals surface area contributed by atoms with Crippen molar-refractivity contribution in [2.75, 3.05) is 7.11 Å². The lowest BCUT2D eigenvalue weighted by Gasteiger charge is -2.08. The molecule has 3 aromatic heterocycles. The van der Waals surface area contributed by atoms with Crippen LogP contribution in [0.15, 0.2) is 42.5 Å². The molecule has 1 aliphatic rings. The summed E-state index contributed by atoms with van der Waals surface area (Å²) in [4.78, 5) is 6.79. The monoisotopic (exact) mass is 411 g/mol. The van der Waals surface area contributed by atoms with E-state index < -0.39 is 6.43 Å². The normalized spacial score (nSPS) is 14.1. The first-order chi connectivity index (χ1) is 14.0. The smallest absolute Gasteiger partial charge is 0.264 e. The predicted molar refractivity (Wildman–Crippen MR) is 110 cm³/mol. The Kier molecular flexibility index (Phi) is 4.35. The van der Waals surface area contributed by atoms with Gasteiger partial charge in [-0.3, -0.25) is 0 Å². The SMILES string of the molecule is COc1ccc(-n2nc(C3CC3)c3c(C(F)F)cc(-c4ccc(C)s4)nc32)cc1. The number of hydrogen-bond donors (Lipinski definition) is 0. The molecular weight excluding hydrogens is 392 g/mol. The first-order valence-corrected chi connectivity index (χ1v) is 10.3. The van der Waals surface area contributed by atoms with Crippen LogP contribution in [0.4, 0.5) is 8.78 Å². The number of halogens is 2. The molecule has 1 saturated carbocycles. The third kappa shape index (κ3) is 3.19. The van der Waals surface area contributed by atoms with Crippen LogP contribution in [0.5, 0.6) is 5.75 Å². The number of benzene rings is 1. The second kappa shape index (κ2) is 6.91. The largest absolute Gasteiger partial charge is 0.497 e. The van der Waals surface area contributed by atoms with Gasteiger partial charge in [0.1, 0.15) is 5.75 Å². The number of thiophene rings is 1. The van der Waals surface area contributed by atoms with Gasteiger partial charge in [-0.2, -0.15) is 5.10 Å². The van der Waals surface area contributed by atoms with Crippen LogP contribution in [0.1, 0.15) is 41.3 Å². The van der Waals surface area contributed by atoms with Crippen molar-refractivity contribution in [1.29, 1.82) is 0 Å². The highest BCUT2D eigenvalue weighted by Crippen LogP contribution is 2.45. The van der Waals surface area contributed by atoms with Crippen molar-refractivity contribution in [3.63, 3.8) is 0 Å². The fourth-order valence-electron chi connectivity index (χ4n) is 3.59. The Balaban J connectivity index is 1.79. The van der Waals surface area contributed by atoms with Crippen LogP contribution in [-0.4, -0.2) is 21.9 Å². The molecule has 29 heavy (non-hydrogen) atoms. The van der Waals surface area contributed by atoms with E-state index in [-0.39, 0.29) is 11.5 Å². The summed E-state index contributed by atoms with van der Waals surface area (Å²) in [6, 6.07) is 12.8. The molecule has 0 bridgehead atoms. The number of ether oxygens (including phenoxy) is 1. The van der Waals surface area contributed by atoms with Gasteiger partial charge in [-0.1, -0.05) is 0 Å². The third-order valence-corrected chi connectivity index (χ3v) is 6.23. The number of aryl methyl sites for hydroxylation is 1. The van der Waals surface area contributed by atoms with E-state index in [0.717, 1.165) is 39.7 Å². The van der Waals surface area contributed by atoms with Crippen LogP contribution >= 0.6 is 11.3 Å². The quantitative estimate of drug-likeness (QED) is 0.388. The van der Waals surface area contributed by atoms with E-state index >= 15 is 0 Å². The molecule has 0 aliphatic heterocycles. The van der Waals surface area contributed by atoms with Crippen molar-refractivity contribution < 1.29 is 13.5 Å². The summed E-state index contributed by atoms with van der Waals surface area (Å²) in [6.45, 7) is 1.99. The van der Waals surface area contributed by atoms with Crippen LogP contribution in [0.3, 0.4) is 0 Å². The van der Waals surface area contributed by atoms with Gasteiger partial charge in [-0.25, -0.2) is 18.4 Å². The molecule has 3 heterocycles. The average molecular weight is 411 g/mol. The van der Waals surface area contributed by atoms with Gasteiger partial charge in [0.2, 0.25) is 0 Å². The van der Waals surface area contributed by atoms with E-state index in [9.17, 15) is 8.78 Å². The topological polar surface area (TPSA) is 39.9 Å². The van der Waals surface area contributed by atoms with Crippen molar-refractivity contribution in [2.24, 2.45) is 0 Å². The molecular formula is C22H19F2N3OS. The Morgan fingerprint density at radius 2 is 1.90 bits per heavy atom. The Hall–Kier alpha value is -2.80. The lowest BCUT2D eigenvalue weighted by Crippen LogP contribution is -1.99. The van der Waals surface area contributed by atoms with Gasteiger partial charge in [0.25, 0.3) is 6.43 Å². The standard InChI is InChI=1S/C22H19F2N3OS/c1-12-3-10-18(29-12)17-11-16(21(23)24)19-20(13-4-5-13)26-27(22(19)25-17)14-6-8-15(28-2)9-7-14/h3,6-11,13,21H,4-5H2,1-2H3. The van der Waals surface area contributed by atoms with E-state index in [1.54, 1.807) is 23.1 Å². The van der Waals surface area contributed by atoms with E-state index in [4.69, 9.17) is 14.8 Å². The summed E-state index contributed by atoms with van der Waals surface area (Å²) in [5, 5.41) is 5.24. The van der Waals surface area contributed by atoms with Crippen molar-refractivity contribution in [1.82, 2.24) is 14.8 Å². The maximum atomic E-state index is 14.1. The van der Waals surface area contributed by atoms with Crippen LogP contribution < -0.4 is 4.74 Å². The highest BCUT2D eigenvalue weighted by molar-refractivity contribution is 7.15. The van der Waals surface area contributed by atoms with Gasteiger partial charge in [0, 0.05) is 16.4 Å². The number of aromatic nitrogens is 3. The highest BCUT2D eigenvalue weighted by atomic mass is 32.1. The molecule has 7 heteroatoms. The number of nitrogens with zero attached hydrogens (tertiary/aromatic N) is 3. The lowest BCUT2D eigenvalue weighted by molar-refractivity contribution is 0.153. The molecule has 1 aromatic carbocycles. The van der Waals surface area contributed by atoms with Crippen molar-refractivity contribution >= 4 is 22.4 Å². The molecule has 0 N–H and O–H groups in total. The summed E-state index contributed by atoms with van der Waals surface area (Å²) in [6.07, 6.45) is -0.640. The Morgan fingerprint density at radius 3 is 2.48 bits per heavy atom. The molecule has 0 radical (unpaired) electrons. The van der Waals surface area contributed by atoms with Gasteiger partial charge in [0.15, 0.2) is 5.65 Å². The molecule has 1 fully saturated rings. The van der Waals surface area contributed by atoms with E-state index in [1.165, 1.54) is 6.07 Å². The fourth-order valence-corrected chi connectivity index (χ4v) is 4.42. The van der Waals surface area contributed by atoms with Gasteiger partial charge in [-0.15, -0.1) is 11.3 Å². The van der Waals surface area contributed by atoms with Crippen molar-refractivity contribution in [3.05, 3.63) is 58.6 Å². The van der Waals surface area contributed by atoms with Crippen molar-refractivity contribution in [2.45, 2.75) is 32.1 Å². The maximum absolute atomic E-state index is 14.1. The fraction of sp³-hybridized carbons (Fsp3) is 0.273. The molecule has 1 aliphatic carbocycles. The third-order valence-electron chi connectivity index (χ3n) is 5.20. The predicted octanol–water partition coefficient (Wildman–Crippen LogP) is 6.28. The van der Waals surface area contributed by atoms with Gasteiger partial charge >= 0.3 is 0 Å². The van der Waals surface area contributed by atoms with Crippen LogP contribution in [-0.2, 0) is 0 Å². The zero-order valence-corrected chi connectivity index (χ0v) is 16.8. The zero-order valence-electron chi connectivity index (χ0n) is 16.0. The molecule has 0 saturated heterocycles. The van der Waals surface area contributed by atoms with Gasteiger partial charge in [-0.05, 0) is 62.2 Å². The highest BCUT2D eigenvalue weighted by Gasteiger charge is 2.33. The van der Waals surface area contributed by atoms with E-state index in [1.807, 2.05) is 43.3 Å². The van der Waals surface area contributed by atoms with Crippen LogP contribution in [0.25, 0.3) is 27.3 Å². The number of alkyl halides is 2. The van der Waals surface area contributed by atoms with Crippen LogP contribution in [0, 0.1) is 6.92 Å². The maximum Gasteiger partial charge on any atom is 0.264 e. The van der Waals surface area contributed by atoms with Gasteiger partial charge in [0.05, 0.1) is 34.4 Å². The second-order valence-corrected chi connectivity index (χ2v) is 8.56. The molecule has 4 nitrogen and oxygen atoms in total. The van der Waals surface area contributed by atoms with Gasteiger partial charge < -0.3 is 4.74 Å². The number of pyridine rings is 1. The molecule has 0 spiro atoms. The molecule has 148 valence electrons. The molecule has 4 aromatic rings. The first-order valence-electron chi connectivity index (χ1n) is 9.48. The molecule has 5 rings (SSSR count).